The standard InChI is InChI=1S/C71H103N7O13/c1-10-77(58-27-32-84-33-28-58)63-46-57(45-61(51(63)4)67(80)72-47-62-49(2)44-50(3)73-68(62)81)54-18-22-60(23-19-54)90-43-41-88-39-37-86-35-34-85-36-38-87-40-42-89-59-20-16-53(17-21-59)24-29-76-30-25-55-26-31-78(64(55)48-76)69(82)65(56-14-12-11-13-15-56)74-66(79)52(5)75(9)70(83)91-71(6,7)8/h16-23,44-46,52,55-56,58,64-65H,10-15,24-43,47-48H2,1-9H3,(H,72,80)(H,73,81)(H,74,79)/t52-,55-,64-,65-/m0/s1. The molecule has 500 valence electrons. The Morgan fingerprint density at radius 3 is 1.92 bits per heavy atom. The van der Waals surface area contributed by atoms with Gasteiger partial charge < -0.3 is 68.2 Å². The molecule has 1 aromatic heterocycles. The summed E-state index contributed by atoms with van der Waals surface area (Å²) in [5.74, 6) is 1.47. The highest BCUT2D eigenvalue weighted by atomic mass is 16.6. The molecule has 4 atom stereocenters. The molecule has 3 N–H and O–H groups in total. The van der Waals surface area contributed by atoms with Crippen molar-refractivity contribution in [1.82, 2.24) is 30.3 Å². The highest BCUT2D eigenvalue weighted by molar-refractivity contribution is 5.99. The number of rotatable bonds is 32. The molecule has 4 aromatic rings. The molecule has 0 spiro atoms. The number of nitrogens with zero attached hydrogens (tertiary/aromatic N) is 4. The number of benzene rings is 3. The number of likely N-dealkylation sites (tertiary alicyclic amines) is 2. The summed E-state index contributed by atoms with van der Waals surface area (Å²) in [6.45, 7) is 25.0. The number of aromatic nitrogens is 1. The second-order valence-corrected chi connectivity index (χ2v) is 25.9. The van der Waals surface area contributed by atoms with Gasteiger partial charge in [-0.05, 0) is 189 Å². The molecule has 1 saturated carbocycles. The number of pyridine rings is 1. The van der Waals surface area contributed by atoms with Crippen LogP contribution in [0.5, 0.6) is 11.5 Å². The lowest BCUT2D eigenvalue weighted by Crippen LogP contribution is -2.59. The van der Waals surface area contributed by atoms with Gasteiger partial charge in [0.25, 0.3) is 11.5 Å². The summed E-state index contributed by atoms with van der Waals surface area (Å²) in [7, 11) is 1.57. The molecule has 0 radical (unpaired) electrons. The lowest BCUT2D eigenvalue weighted by Gasteiger charge is -2.41. The number of hydrogen-bond acceptors (Lipinski definition) is 15. The topological polar surface area (TPSA) is 212 Å². The van der Waals surface area contributed by atoms with Crippen molar-refractivity contribution in [2.24, 2.45) is 11.8 Å². The van der Waals surface area contributed by atoms with Crippen LogP contribution in [-0.4, -0.2) is 192 Å². The summed E-state index contributed by atoms with van der Waals surface area (Å²) in [6.07, 6.45) is 9.20. The molecule has 91 heavy (non-hydrogen) atoms. The molecule has 0 bridgehead atoms. The maximum absolute atomic E-state index is 14.6. The van der Waals surface area contributed by atoms with E-state index in [1.54, 1.807) is 34.7 Å². The number of likely N-dealkylation sites (N-methyl/N-ethyl adjacent to an activating group) is 1. The van der Waals surface area contributed by atoms with Gasteiger partial charge >= 0.3 is 6.09 Å². The minimum absolute atomic E-state index is 0.0191. The van der Waals surface area contributed by atoms with Gasteiger partial charge in [-0.3, -0.25) is 24.1 Å². The normalized spacial score (nSPS) is 18.1. The van der Waals surface area contributed by atoms with Crippen LogP contribution in [0, 0.1) is 32.6 Å². The summed E-state index contributed by atoms with van der Waals surface area (Å²) in [5.41, 5.74) is 6.84. The van der Waals surface area contributed by atoms with Gasteiger partial charge in [0.1, 0.15) is 42.4 Å². The van der Waals surface area contributed by atoms with Crippen LogP contribution in [0.25, 0.3) is 11.1 Å². The van der Waals surface area contributed by atoms with Crippen LogP contribution in [0.1, 0.15) is 131 Å². The van der Waals surface area contributed by atoms with Crippen molar-refractivity contribution in [2.75, 3.05) is 124 Å². The fourth-order valence-electron chi connectivity index (χ4n) is 13.0. The summed E-state index contributed by atoms with van der Waals surface area (Å²) in [6, 6.07) is 21.1. The summed E-state index contributed by atoms with van der Waals surface area (Å²) in [5, 5.41) is 6.18. The fraction of sp³-hybridized carbons (Fsp3) is 0.620. The van der Waals surface area contributed by atoms with Crippen LogP contribution < -0.4 is 30.6 Å². The quantitative estimate of drug-likeness (QED) is 0.0389. The molecule has 4 amide bonds. The highest BCUT2D eigenvalue weighted by Gasteiger charge is 2.45. The highest BCUT2D eigenvalue weighted by Crippen LogP contribution is 2.37. The minimum atomic E-state index is -0.794. The van der Waals surface area contributed by atoms with Crippen LogP contribution >= 0.6 is 0 Å². The predicted molar refractivity (Wildman–Crippen MR) is 352 cm³/mol. The Labute approximate surface area is 539 Å². The average Bonchev–Trinajstić information content (AvgIpc) is 1.77. The number of piperidine rings is 1. The molecule has 3 aliphatic heterocycles. The number of nitrogens with one attached hydrogen (secondary N) is 3. The largest absolute Gasteiger partial charge is 0.491 e. The number of hydrogen-bond donors (Lipinski definition) is 3. The van der Waals surface area contributed by atoms with Crippen LogP contribution in [0.15, 0.2) is 71.5 Å². The average molecular weight is 1260 g/mol. The van der Waals surface area contributed by atoms with E-state index in [2.05, 4.69) is 55.4 Å². The number of ether oxygens (including phenoxy) is 8. The Balaban J connectivity index is 0.666. The Morgan fingerprint density at radius 2 is 1.33 bits per heavy atom. The number of anilines is 1. The molecule has 4 aliphatic rings. The lowest BCUT2D eigenvalue weighted by molar-refractivity contribution is -0.141. The van der Waals surface area contributed by atoms with Crippen molar-refractivity contribution in [3.8, 4) is 22.6 Å². The number of aryl methyl sites for hydroxylation is 2. The first-order valence-electron chi connectivity index (χ1n) is 33.4. The van der Waals surface area contributed by atoms with Gasteiger partial charge in [0, 0.05) is 87.6 Å². The third kappa shape index (κ3) is 20.7. The monoisotopic (exact) mass is 1260 g/mol. The van der Waals surface area contributed by atoms with Crippen LogP contribution in [0.2, 0.25) is 0 Å². The van der Waals surface area contributed by atoms with Crippen LogP contribution in [0.4, 0.5) is 10.5 Å². The SMILES string of the molecule is CCN(c1cc(-c2ccc(OCCOCCOCCOCCOCCOc3ccc(CCN4CC[C@H]5CCN(C(=O)[C@@H](NC(=O)[C@H](C)N(C)C(=O)OC(C)(C)C)C6CCCCC6)[C@H]5C4)cc3)cc2)cc(C(=O)NCc2c(C)cc(C)[nH]c2=O)c1C)C1CCOCC1. The van der Waals surface area contributed by atoms with Crippen molar-refractivity contribution in [3.05, 3.63) is 111 Å². The molecular weight excluding hydrogens is 1160 g/mol. The molecule has 4 heterocycles. The minimum Gasteiger partial charge on any atom is -0.491 e. The smallest absolute Gasteiger partial charge is 0.410 e. The maximum atomic E-state index is 14.6. The fourth-order valence-corrected chi connectivity index (χ4v) is 13.0. The van der Waals surface area contributed by atoms with E-state index in [-0.39, 0.29) is 41.8 Å². The molecule has 20 nitrogen and oxygen atoms in total. The zero-order chi connectivity index (χ0) is 64.9. The molecule has 20 heteroatoms. The molecule has 3 aromatic carbocycles. The van der Waals surface area contributed by atoms with Crippen molar-refractivity contribution in [1.29, 1.82) is 0 Å². The molecule has 1 aliphatic carbocycles. The van der Waals surface area contributed by atoms with Gasteiger partial charge in [-0.1, -0.05) is 43.5 Å². The Bertz CT molecular complexity index is 3010. The Morgan fingerprint density at radius 1 is 0.736 bits per heavy atom. The van der Waals surface area contributed by atoms with E-state index in [0.29, 0.717) is 115 Å². The molecule has 3 saturated heterocycles. The lowest BCUT2D eigenvalue weighted by atomic mass is 9.83. The Kier molecular flexibility index (Phi) is 27.0. The molecule has 4 fully saturated rings. The zero-order valence-corrected chi connectivity index (χ0v) is 55.7. The Hall–Kier alpha value is -6.55. The number of carbonyl (C=O) groups is 4. The van der Waals surface area contributed by atoms with Crippen molar-refractivity contribution < 1.29 is 57.1 Å². The van der Waals surface area contributed by atoms with Gasteiger partial charge in [0.2, 0.25) is 11.8 Å². The van der Waals surface area contributed by atoms with Crippen LogP contribution in [0.3, 0.4) is 0 Å². The number of carbonyl (C=O) groups excluding carboxylic acids is 4. The summed E-state index contributed by atoms with van der Waals surface area (Å²) < 4.78 is 46.1. The van der Waals surface area contributed by atoms with Gasteiger partial charge in [0.15, 0.2) is 0 Å². The zero-order valence-electron chi connectivity index (χ0n) is 55.7. The number of aromatic amines is 1. The summed E-state index contributed by atoms with van der Waals surface area (Å²) in [4.78, 5) is 78.9. The van der Waals surface area contributed by atoms with Crippen molar-refractivity contribution in [3.63, 3.8) is 0 Å². The van der Waals surface area contributed by atoms with Gasteiger partial charge in [-0.2, -0.15) is 0 Å². The first-order chi connectivity index (χ1) is 43.9. The van der Waals surface area contributed by atoms with E-state index in [1.807, 2.05) is 69.3 Å². The first-order valence-corrected chi connectivity index (χ1v) is 33.4. The first kappa shape index (κ1) is 70.3. The number of fused-ring (bicyclic) bond motifs is 1. The van der Waals surface area contributed by atoms with Gasteiger partial charge in [0.05, 0.1) is 52.9 Å². The van der Waals surface area contributed by atoms with Gasteiger partial charge in [-0.25, -0.2) is 4.79 Å². The number of amides is 4. The van der Waals surface area contributed by atoms with E-state index < -0.39 is 23.8 Å². The molecular formula is C71H103N7O13. The second-order valence-electron chi connectivity index (χ2n) is 25.9. The third-order valence-electron chi connectivity index (χ3n) is 18.3. The van der Waals surface area contributed by atoms with Crippen LogP contribution in [-0.2, 0) is 51.0 Å². The predicted octanol–water partition coefficient (Wildman–Crippen LogP) is 9.21. The van der Waals surface area contributed by atoms with Crippen molar-refractivity contribution in [2.45, 2.75) is 156 Å². The molecule has 0 unspecified atom stereocenters. The molecule has 8 rings (SSSR count). The third-order valence-corrected chi connectivity index (χ3v) is 18.3. The van der Waals surface area contributed by atoms with Gasteiger partial charge in [-0.15, -0.1) is 0 Å². The summed E-state index contributed by atoms with van der Waals surface area (Å²) >= 11 is 0. The van der Waals surface area contributed by atoms with E-state index >= 15 is 0 Å². The van der Waals surface area contributed by atoms with Crippen molar-refractivity contribution >= 4 is 29.5 Å². The van der Waals surface area contributed by atoms with E-state index in [0.717, 1.165) is 130 Å². The van der Waals surface area contributed by atoms with E-state index in [1.165, 1.54) is 10.5 Å². The second kappa shape index (κ2) is 34.9. The van der Waals surface area contributed by atoms with E-state index in [9.17, 15) is 24.0 Å². The maximum Gasteiger partial charge on any atom is 0.410 e. The number of H-pyrrole nitrogens is 1. The van der Waals surface area contributed by atoms with E-state index in [4.69, 9.17) is 37.9 Å².